The van der Waals surface area contributed by atoms with Gasteiger partial charge in [-0.3, -0.25) is 9.78 Å². The molecule has 3 aromatic rings. The van der Waals surface area contributed by atoms with Crippen LogP contribution < -0.4 is 0 Å². The number of hydrogen-bond donors (Lipinski definition) is 0. The molecule has 1 aliphatic heterocycles. The van der Waals surface area contributed by atoms with Crippen molar-refractivity contribution in [3.63, 3.8) is 0 Å². The number of aromatic nitrogens is 5. The van der Waals surface area contributed by atoms with Crippen LogP contribution >= 0.6 is 0 Å². The molecule has 1 saturated heterocycles. The van der Waals surface area contributed by atoms with Gasteiger partial charge in [0.1, 0.15) is 11.6 Å². The number of hydrogen-bond acceptors (Lipinski definition) is 5. The summed E-state index contributed by atoms with van der Waals surface area (Å²) in [6.45, 7) is 3.96. The lowest BCUT2D eigenvalue weighted by molar-refractivity contribution is 0.0709. The molecule has 1 fully saturated rings. The van der Waals surface area contributed by atoms with Crippen LogP contribution in [0.25, 0.3) is 0 Å². The zero-order chi connectivity index (χ0) is 18.6. The quantitative estimate of drug-likeness (QED) is 0.712. The van der Waals surface area contributed by atoms with Crippen LogP contribution in [0.4, 0.5) is 0 Å². The van der Waals surface area contributed by atoms with Gasteiger partial charge < -0.3 is 9.47 Å². The minimum absolute atomic E-state index is 0.00489. The van der Waals surface area contributed by atoms with Crippen molar-refractivity contribution in [2.75, 3.05) is 13.1 Å². The van der Waals surface area contributed by atoms with E-state index in [1.54, 1.807) is 12.4 Å². The Morgan fingerprint density at radius 3 is 2.56 bits per heavy atom. The fourth-order valence-electron chi connectivity index (χ4n) is 3.51. The number of nitrogens with zero attached hydrogens (tertiary/aromatic N) is 6. The summed E-state index contributed by atoms with van der Waals surface area (Å²) >= 11 is 0. The summed E-state index contributed by atoms with van der Waals surface area (Å²) in [6.07, 6.45) is 10.7. The fraction of sp³-hybridized carbons (Fsp3) is 0.350. The Morgan fingerprint density at radius 2 is 1.85 bits per heavy atom. The molecule has 0 aliphatic carbocycles. The highest BCUT2D eigenvalue weighted by Crippen LogP contribution is 2.28. The van der Waals surface area contributed by atoms with Crippen molar-refractivity contribution in [2.24, 2.45) is 0 Å². The zero-order valence-corrected chi connectivity index (χ0v) is 15.3. The van der Waals surface area contributed by atoms with E-state index in [0.717, 1.165) is 30.9 Å². The van der Waals surface area contributed by atoms with Crippen molar-refractivity contribution >= 4 is 5.91 Å². The first-order valence-electron chi connectivity index (χ1n) is 9.19. The molecule has 0 N–H and O–H groups in total. The summed E-state index contributed by atoms with van der Waals surface area (Å²) < 4.78 is 2.16. The predicted octanol–water partition coefficient (Wildman–Crippen LogP) is 2.44. The third kappa shape index (κ3) is 3.86. The van der Waals surface area contributed by atoms with Gasteiger partial charge in [0.25, 0.3) is 5.91 Å². The van der Waals surface area contributed by atoms with E-state index in [-0.39, 0.29) is 5.91 Å². The van der Waals surface area contributed by atoms with E-state index in [1.165, 1.54) is 0 Å². The van der Waals surface area contributed by atoms with Crippen LogP contribution in [0.15, 0.2) is 49.2 Å². The summed E-state index contributed by atoms with van der Waals surface area (Å²) in [7, 11) is 0. The molecule has 4 rings (SSSR count). The van der Waals surface area contributed by atoms with Gasteiger partial charge in [0, 0.05) is 50.0 Å². The molecule has 0 bridgehead atoms. The van der Waals surface area contributed by atoms with Crippen LogP contribution in [-0.2, 0) is 6.54 Å². The number of rotatable bonds is 4. The Bertz CT molecular complexity index is 898. The van der Waals surface area contributed by atoms with Crippen LogP contribution in [0.2, 0.25) is 0 Å². The molecular weight excluding hydrogens is 340 g/mol. The standard InChI is InChI=1S/C20H22N6O/c1-15-23-12-17(13-24-15)20(27)25-9-5-16(6-10-25)19-22-8-11-26(19)14-18-4-2-3-7-21-18/h2-4,7-8,11-13,16H,5-6,9-10,14H2,1H3. The van der Waals surface area contributed by atoms with Crippen molar-refractivity contribution in [3.05, 3.63) is 72.1 Å². The number of piperidine rings is 1. The van der Waals surface area contributed by atoms with Crippen molar-refractivity contribution in [1.82, 2.24) is 29.4 Å². The predicted molar refractivity (Wildman–Crippen MR) is 100 cm³/mol. The molecule has 0 unspecified atom stereocenters. The molecular formula is C20H22N6O. The molecule has 0 atom stereocenters. The van der Waals surface area contributed by atoms with Gasteiger partial charge in [-0.05, 0) is 31.9 Å². The normalized spacial score (nSPS) is 15.1. The summed E-state index contributed by atoms with van der Waals surface area (Å²) in [5, 5.41) is 0. The first kappa shape index (κ1) is 17.3. The molecule has 1 amide bonds. The first-order valence-corrected chi connectivity index (χ1v) is 9.19. The van der Waals surface area contributed by atoms with Gasteiger partial charge in [0.05, 0.1) is 17.8 Å². The second-order valence-electron chi connectivity index (χ2n) is 6.82. The summed E-state index contributed by atoms with van der Waals surface area (Å²) in [6, 6.07) is 5.94. The average molecular weight is 362 g/mol. The van der Waals surface area contributed by atoms with Crippen LogP contribution in [-0.4, -0.2) is 48.4 Å². The van der Waals surface area contributed by atoms with Crippen LogP contribution in [0.1, 0.15) is 46.5 Å². The second-order valence-corrected chi connectivity index (χ2v) is 6.82. The minimum atomic E-state index is 0.00489. The third-order valence-corrected chi connectivity index (χ3v) is 4.98. The molecule has 0 radical (unpaired) electrons. The van der Waals surface area contributed by atoms with Gasteiger partial charge >= 0.3 is 0 Å². The van der Waals surface area contributed by atoms with E-state index in [9.17, 15) is 4.79 Å². The molecule has 0 saturated carbocycles. The van der Waals surface area contributed by atoms with E-state index >= 15 is 0 Å². The monoisotopic (exact) mass is 362 g/mol. The molecule has 0 aromatic carbocycles. The van der Waals surface area contributed by atoms with E-state index < -0.39 is 0 Å². The highest BCUT2D eigenvalue weighted by atomic mass is 16.2. The Balaban J connectivity index is 1.40. The lowest BCUT2D eigenvalue weighted by Crippen LogP contribution is -2.38. The van der Waals surface area contributed by atoms with E-state index in [1.807, 2.05) is 48.6 Å². The average Bonchev–Trinajstić information content (AvgIpc) is 3.17. The van der Waals surface area contributed by atoms with E-state index in [4.69, 9.17) is 0 Å². The molecule has 4 heterocycles. The number of pyridine rings is 1. The summed E-state index contributed by atoms with van der Waals surface area (Å²) in [4.78, 5) is 31.8. The lowest BCUT2D eigenvalue weighted by Gasteiger charge is -2.32. The maximum absolute atomic E-state index is 12.6. The van der Waals surface area contributed by atoms with Gasteiger partial charge in [-0.15, -0.1) is 0 Å². The Kier molecular flexibility index (Phi) is 4.91. The topological polar surface area (TPSA) is 76.8 Å². The van der Waals surface area contributed by atoms with Gasteiger partial charge in [0.15, 0.2) is 0 Å². The largest absolute Gasteiger partial charge is 0.339 e. The second kappa shape index (κ2) is 7.65. The zero-order valence-electron chi connectivity index (χ0n) is 15.3. The number of aryl methyl sites for hydroxylation is 1. The number of carbonyl (C=O) groups excluding carboxylic acids is 1. The molecule has 7 heteroatoms. The Hall–Kier alpha value is -3.09. The van der Waals surface area contributed by atoms with Crippen LogP contribution in [0.5, 0.6) is 0 Å². The number of amides is 1. The summed E-state index contributed by atoms with van der Waals surface area (Å²) in [5.41, 5.74) is 1.57. The Morgan fingerprint density at radius 1 is 1.07 bits per heavy atom. The molecule has 1 aliphatic rings. The smallest absolute Gasteiger partial charge is 0.256 e. The van der Waals surface area contributed by atoms with Crippen molar-refractivity contribution < 1.29 is 4.79 Å². The highest BCUT2D eigenvalue weighted by Gasteiger charge is 2.27. The number of carbonyl (C=O) groups is 1. The maximum Gasteiger partial charge on any atom is 0.256 e. The fourth-order valence-corrected chi connectivity index (χ4v) is 3.51. The van der Waals surface area contributed by atoms with Crippen molar-refractivity contribution in [1.29, 1.82) is 0 Å². The number of imidazole rings is 1. The van der Waals surface area contributed by atoms with Gasteiger partial charge in [0.2, 0.25) is 0 Å². The third-order valence-electron chi connectivity index (χ3n) is 4.98. The van der Waals surface area contributed by atoms with Gasteiger partial charge in [-0.2, -0.15) is 0 Å². The minimum Gasteiger partial charge on any atom is -0.339 e. The van der Waals surface area contributed by atoms with Crippen LogP contribution in [0.3, 0.4) is 0 Å². The van der Waals surface area contributed by atoms with Gasteiger partial charge in [-0.25, -0.2) is 15.0 Å². The van der Waals surface area contributed by atoms with E-state index in [0.29, 0.717) is 30.4 Å². The number of likely N-dealkylation sites (tertiary alicyclic amines) is 1. The molecule has 0 spiro atoms. The highest BCUT2D eigenvalue weighted by molar-refractivity contribution is 5.93. The molecule has 7 nitrogen and oxygen atoms in total. The van der Waals surface area contributed by atoms with Crippen LogP contribution in [0, 0.1) is 6.92 Å². The SMILES string of the molecule is Cc1ncc(C(=O)N2CCC(c3nccn3Cc3ccccn3)CC2)cn1. The Labute approximate surface area is 158 Å². The van der Waals surface area contributed by atoms with Crippen molar-refractivity contribution in [2.45, 2.75) is 32.2 Å². The maximum atomic E-state index is 12.6. The molecule has 138 valence electrons. The first-order chi connectivity index (χ1) is 13.2. The summed E-state index contributed by atoms with van der Waals surface area (Å²) in [5.74, 6) is 2.10. The van der Waals surface area contributed by atoms with Crippen molar-refractivity contribution in [3.8, 4) is 0 Å². The van der Waals surface area contributed by atoms with E-state index in [2.05, 4.69) is 24.5 Å². The molecule has 3 aromatic heterocycles. The lowest BCUT2D eigenvalue weighted by atomic mass is 9.95. The van der Waals surface area contributed by atoms with Gasteiger partial charge in [-0.1, -0.05) is 6.07 Å². The molecule has 27 heavy (non-hydrogen) atoms.